The Bertz CT molecular complexity index is 1110. The molecule has 8 heteroatoms. The van der Waals surface area contributed by atoms with Gasteiger partial charge in [0, 0.05) is 35.8 Å². The maximum atomic E-state index is 13.9. The maximum Gasteiger partial charge on any atom is 0.252 e. The fourth-order valence-corrected chi connectivity index (χ4v) is 3.25. The molecule has 3 aromatic rings. The second-order valence-corrected chi connectivity index (χ2v) is 6.52. The molecule has 0 aliphatic rings. The van der Waals surface area contributed by atoms with Crippen LogP contribution in [-0.2, 0) is 11.2 Å². The number of carbonyl (C=O) groups is 1. The molecule has 28 heavy (non-hydrogen) atoms. The van der Waals surface area contributed by atoms with Crippen molar-refractivity contribution in [2.45, 2.75) is 26.3 Å². The Kier molecular flexibility index (Phi) is 5.39. The third-order valence-corrected chi connectivity index (χ3v) is 4.68. The summed E-state index contributed by atoms with van der Waals surface area (Å²) in [5.74, 6) is -1.28. The normalized spacial score (nSPS) is 12.0. The van der Waals surface area contributed by atoms with Gasteiger partial charge in [-0.2, -0.15) is 0 Å². The van der Waals surface area contributed by atoms with Crippen LogP contribution in [0.25, 0.3) is 10.9 Å². The molecule has 2 heterocycles. The van der Waals surface area contributed by atoms with Crippen LogP contribution in [0.3, 0.4) is 0 Å². The molecule has 0 radical (unpaired) electrons. The van der Waals surface area contributed by atoms with Crippen molar-refractivity contribution in [2.75, 3.05) is 12.4 Å². The zero-order valence-corrected chi connectivity index (χ0v) is 15.7. The number of carbonyl (C=O) groups excluding carboxylic acids is 1. The van der Waals surface area contributed by atoms with Gasteiger partial charge in [0.25, 0.3) is 5.56 Å². The van der Waals surface area contributed by atoms with Crippen LogP contribution in [0.5, 0.6) is 0 Å². The molecule has 2 aromatic heterocycles. The molecule has 0 spiro atoms. The summed E-state index contributed by atoms with van der Waals surface area (Å²) in [4.78, 5) is 31.9. The van der Waals surface area contributed by atoms with Gasteiger partial charge in [-0.05, 0) is 31.5 Å². The molecular formula is C20H20F2N4O2. The average molecular weight is 386 g/mol. The van der Waals surface area contributed by atoms with E-state index in [0.29, 0.717) is 22.5 Å². The van der Waals surface area contributed by atoms with Crippen LogP contribution in [0.2, 0.25) is 0 Å². The molecule has 0 bridgehead atoms. The van der Waals surface area contributed by atoms with Gasteiger partial charge in [0.05, 0.1) is 18.0 Å². The standard InChI is InChI=1S/C20H20F2N4O2/c1-10-14(20(28)26-16-6-7-24-19(23-3)18(10)16)9-17(27)25-11(2)13-5-4-12(21)8-15(13)22/h4-8,11H,9H2,1-3H3,(H,23,24)(H,25,27)(H,26,28)/t11-/m0/s1. The van der Waals surface area contributed by atoms with E-state index in [9.17, 15) is 18.4 Å². The van der Waals surface area contributed by atoms with E-state index < -0.39 is 23.6 Å². The summed E-state index contributed by atoms with van der Waals surface area (Å²) < 4.78 is 27.0. The zero-order valence-electron chi connectivity index (χ0n) is 15.7. The lowest BCUT2D eigenvalue weighted by molar-refractivity contribution is -0.121. The summed E-state index contributed by atoms with van der Waals surface area (Å²) in [6, 6.07) is 4.19. The van der Waals surface area contributed by atoms with E-state index in [0.717, 1.165) is 17.5 Å². The number of anilines is 1. The first kappa shape index (κ1) is 19.5. The number of aryl methyl sites for hydroxylation is 1. The highest BCUT2D eigenvalue weighted by Gasteiger charge is 2.18. The topological polar surface area (TPSA) is 86.9 Å². The van der Waals surface area contributed by atoms with Gasteiger partial charge in [-0.1, -0.05) is 6.07 Å². The molecule has 1 amide bonds. The summed E-state index contributed by atoms with van der Waals surface area (Å²) in [6.07, 6.45) is 1.40. The molecule has 0 aliphatic carbocycles. The van der Waals surface area contributed by atoms with Crippen LogP contribution >= 0.6 is 0 Å². The van der Waals surface area contributed by atoms with Crippen LogP contribution < -0.4 is 16.2 Å². The van der Waals surface area contributed by atoms with E-state index >= 15 is 0 Å². The van der Waals surface area contributed by atoms with E-state index in [1.165, 1.54) is 6.07 Å². The number of hydrogen-bond donors (Lipinski definition) is 3. The molecule has 0 fully saturated rings. The van der Waals surface area contributed by atoms with E-state index in [-0.39, 0.29) is 17.5 Å². The van der Waals surface area contributed by atoms with Crippen molar-refractivity contribution in [1.82, 2.24) is 15.3 Å². The summed E-state index contributed by atoms with van der Waals surface area (Å²) >= 11 is 0. The first-order valence-electron chi connectivity index (χ1n) is 8.74. The number of pyridine rings is 2. The second-order valence-electron chi connectivity index (χ2n) is 6.52. The van der Waals surface area contributed by atoms with E-state index in [4.69, 9.17) is 0 Å². The zero-order chi connectivity index (χ0) is 20.4. The molecule has 1 aromatic carbocycles. The molecule has 0 saturated carbocycles. The molecule has 3 rings (SSSR count). The number of nitrogens with one attached hydrogen (secondary N) is 3. The first-order chi connectivity index (χ1) is 13.3. The fourth-order valence-electron chi connectivity index (χ4n) is 3.25. The van der Waals surface area contributed by atoms with Crippen LogP contribution in [0.15, 0.2) is 35.3 Å². The van der Waals surface area contributed by atoms with E-state index in [2.05, 4.69) is 20.6 Å². The molecule has 146 valence electrons. The fraction of sp³-hybridized carbons (Fsp3) is 0.250. The number of hydrogen-bond acceptors (Lipinski definition) is 4. The first-order valence-corrected chi connectivity index (χ1v) is 8.74. The maximum absolute atomic E-state index is 13.9. The van der Waals surface area contributed by atoms with Crippen molar-refractivity contribution in [1.29, 1.82) is 0 Å². The quantitative estimate of drug-likeness (QED) is 0.629. The molecule has 0 unspecified atom stereocenters. The molecule has 6 nitrogen and oxygen atoms in total. The van der Waals surface area contributed by atoms with Crippen molar-refractivity contribution in [3.63, 3.8) is 0 Å². The van der Waals surface area contributed by atoms with Gasteiger partial charge in [-0.3, -0.25) is 9.59 Å². The third-order valence-electron chi connectivity index (χ3n) is 4.68. The number of rotatable bonds is 5. The van der Waals surface area contributed by atoms with Gasteiger partial charge < -0.3 is 15.6 Å². The number of fused-ring (bicyclic) bond motifs is 1. The van der Waals surface area contributed by atoms with Gasteiger partial charge >= 0.3 is 0 Å². The number of halogens is 2. The van der Waals surface area contributed by atoms with Crippen molar-refractivity contribution in [2.24, 2.45) is 0 Å². The smallest absolute Gasteiger partial charge is 0.252 e. The minimum absolute atomic E-state index is 0.167. The van der Waals surface area contributed by atoms with Crippen LogP contribution in [-0.4, -0.2) is 22.9 Å². The second kappa shape index (κ2) is 7.75. The third kappa shape index (κ3) is 3.71. The van der Waals surface area contributed by atoms with Gasteiger partial charge in [0.15, 0.2) is 0 Å². The Morgan fingerprint density at radius 1 is 1.29 bits per heavy atom. The molecule has 3 N–H and O–H groups in total. The van der Waals surface area contributed by atoms with E-state index in [1.54, 1.807) is 33.2 Å². The van der Waals surface area contributed by atoms with Crippen molar-refractivity contribution < 1.29 is 13.6 Å². The Hall–Kier alpha value is -3.29. The summed E-state index contributed by atoms with van der Waals surface area (Å²) in [5.41, 5.74) is 1.37. The number of H-pyrrole nitrogens is 1. The highest BCUT2D eigenvalue weighted by Crippen LogP contribution is 2.24. The largest absolute Gasteiger partial charge is 0.373 e. The average Bonchev–Trinajstić information content (AvgIpc) is 2.64. The molecule has 0 saturated heterocycles. The Labute approximate surface area is 160 Å². The van der Waals surface area contributed by atoms with Crippen molar-refractivity contribution >= 4 is 22.6 Å². The Balaban J connectivity index is 1.88. The molecule has 1 atom stereocenters. The van der Waals surface area contributed by atoms with Crippen LogP contribution in [0.4, 0.5) is 14.6 Å². The number of amides is 1. The highest BCUT2D eigenvalue weighted by atomic mass is 19.1. The lowest BCUT2D eigenvalue weighted by atomic mass is 10.0. The van der Waals surface area contributed by atoms with Crippen LogP contribution in [0.1, 0.15) is 29.7 Å². The Morgan fingerprint density at radius 3 is 2.71 bits per heavy atom. The van der Waals surface area contributed by atoms with Crippen LogP contribution in [0, 0.1) is 18.6 Å². The highest BCUT2D eigenvalue weighted by molar-refractivity contribution is 5.93. The SMILES string of the molecule is CNc1nccc2[nH]c(=O)c(CC(=O)N[C@@H](C)c3ccc(F)cc3F)c(C)c12. The van der Waals surface area contributed by atoms with Gasteiger partial charge in [0.1, 0.15) is 17.5 Å². The number of aromatic nitrogens is 2. The van der Waals surface area contributed by atoms with Gasteiger partial charge in [0.2, 0.25) is 5.91 Å². The molecular weight excluding hydrogens is 366 g/mol. The lowest BCUT2D eigenvalue weighted by Crippen LogP contribution is -2.31. The van der Waals surface area contributed by atoms with Gasteiger partial charge in [-0.25, -0.2) is 13.8 Å². The predicted octanol–water partition coefficient (Wildman–Crippen LogP) is 2.97. The Morgan fingerprint density at radius 2 is 2.04 bits per heavy atom. The lowest BCUT2D eigenvalue weighted by Gasteiger charge is -2.16. The minimum Gasteiger partial charge on any atom is -0.373 e. The minimum atomic E-state index is -0.739. The number of aromatic amines is 1. The summed E-state index contributed by atoms with van der Waals surface area (Å²) in [5, 5.41) is 6.35. The predicted molar refractivity (Wildman–Crippen MR) is 103 cm³/mol. The summed E-state index contributed by atoms with van der Waals surface area (Å²) in [6.45, 7) is 3.35. The van der Waals surface area contributed by atoms with Gasteiger partial charge in [-0.15, -0.1) is 0 Å². The van der Waals surface area contributed by atoms with E-state index in [1.807, 2.05) is 0 Å². The molecule has 0 aliphatic heterocycles. The van der Waals surface area contributed by atoms with Crippen molar-refractivity contribution in [3.8, 4) is 0 Å². The van der Waals surface area contributed by atoms with Crippen molar-refractivity contribution in [3.05, 3.63) is 69.1 Å². The summed E-state index contributed by atoms with van der Waals surface area (Å²) in [7, 11) is 1.72. The monoisotopic (exact) mass is 386 g/mol. The number of nitrogens with zero attached hydrogens (tertiary/aromatic N) is 1. The number of benzene rings is 1.